The quantitative estimate of drug-likeness (QED) is 0.355. The summed E-state index contributed by atoms with van der Waals surface area (Å²) in [5, 5.41) is 14.0. The molecular formula is C23H19N3O4. The smallest absolute Gasteiger partial charge is 0.273 e. The molecule has 4 rings (SSSR count). The molecular weight excluding hydrogens is 382 g/mol. The molecule has 0 aliphatic heterocycles. The van der Waals surface area contributed by atoms with Crippen LogP contribution in [0.2, 0.25) is 0 Å². The number of aryl methyl sites for hydroxylation is 2. The van der Waals surface area contributed by atoms with Gasteiger partial charge in [-0.15, -0.1) is 0 Å². The number of fused-ring (bicyclic) bond motifs is 1. The standard InChI is InChI=1S/C23H19N3O4/c1-13-7-10-21-19(11-13)25-23(30-21)16-9-8-14(2)18(12-16)24-22(27)17-5-4-6-20(15(17)3)26(28)29/h4-12H,1-3H3,(H,24,27). The predicted octanol–water partition coefficient (Wildman–Crippen LogP) is 5.58. The number of aromatic nitrogens is 1. The van der Waals surface area contributed by atoms with Gasteiger partial charge in [-0.25, -0.2) is 4.98 Å². The van der Waals surface area contributed by atoms with E-state index in [4.69, 9.17) is 4.42 Å². The second-order valence-corrected chi connectivity index (χ2v) is 7.18. The Morgan fingerprint density at radius 3 is 2.63 bits per heavy atom. The Morgan fingerprint density at radius 1 is 1.07 bits per heavy atom. The number of anilines is 1. The van der Waals surface area contributed by atoms with Crippen molar-refractivity contribution in [2.24, 2.45) is 0 Å². The van der Waals surface area contributed by atoms with Crippen molar-refractivity contribution >= 4 is 28.4 Å². The van der Waals surface area contributed by atoms with E-state index in [1.807, 2.05) is 44.2 Å². The van der Waals surface area contributed by atoms with Gasteiger partial charge in [0, 0.05) is 28.4 Å². The summed E-state index contributed by atoms with van der Waals surface area (Å²) >= 11 is 0. The van der Waals surface area contributed by atoms with Crippen LogP contribution >= 0.6 is 0 Å². The summed E-state index contributed by atoms with van der Waals surface area (Å²) in [7, 11) is 0. The Bertz CT molecular complexity index is 1310. The van der Waals surface area contributed by atoms with Gasteiger partial charge in [0.1, 0.15) is 5.52 Å². The number of amides is 1. The highest BCUT2D eigenvalue weighted by molar-refractivity contribution is 6.06. The summed E-state index contributed by atoms with van der Waals surface area (Å²) in [6.45, 7) is 5.43. The molecule has 1 amide bonds. The number of nitrogens with zero attached hydrogens (tertiary/aromatic N) is 2. The molecule has 1 aromatic heterocycles. The van der Waals surface area contributed by atoms with Gasteiger partial charge >= 0.3 is 0 Å². The van der Waals surface area contributed by atoms with Crippen LogP contribution in [0.3, 0.4) is 0 Å². The highest BCUT2D eigenvalue weighted by Crippen LogP contribution is 2.29. The fraction of sp³-hybridized carbons (Fsp3) is 0.130. The first-order chi connectivity index (χ1) is 14.3. The number of hydrogen-bond acceptors (Lipinski definition) is 5. The lowest BCUT2D eigenvalue weighted by Crippen LogP contribution is -2.15. The average Bonchev–Trinajstić information content (AvgIpc) is 3.12. The largest absolute Gasteiger partial charge is 0.436 e. The Morgan fingerprint density at radius 2 is 1.87 bits per heavy atom. The Hall–Kier alpha value is -4.00. The zero-order valence-corrected chi connectivity index (χ0v) is 16.7. The van der Waals surface area contributed by atoms with Crippen LogP contribution in [0, 0.1) is 30.9 Å². The highest BCUT2D eigenvalue weighted by atomic mass is 16.6. The van der Waals surface area contributed by atoms with E-state index in [2.05, 4.69) is 10.3 Å². The van der Waals surface area contributed by atoms with Crippen LogP contribution in [0.25, 0.3) is 22.6 Å². The molecule has 0 radical (unpaired) electrons. The Labute approximate surface area is 172 Å². The van der Waals surface area contributed by atoms with Crippen LogP contribution < -0.4 is 5.32 Å². The van der Waals surface area contributed by atoms with Gasteiger partial charge in [-0.1, -0.05) is 18.2 Å². The van der Waals surface area contributed by atoms with Gasteiger partial charge in [0.25, 0.3) is 11.6 Å². The van der Waals surface area contributed by atoms with E-state index in [0.29, 0.717) is 22.7 Å². The number of carbonyl (C=O) groups excluding carboxylic acids is 1. The van der Waals surface area contributed by atoms with Gasteiger partial charge < -0.3 is 9.73 Å². The normalized spacial score (nSPS) is 10.9. The lowest BCUT2D eigenvalue weighted by molar-refractivity contribution is -0.385. The van der Waals surface area contributed by atoms with Crippen LogP contribution in [-0.4, -0.2) is 15.8 Å². The number of oxazole rings is 1. The van der Waals surface area contributed by atoms with Crippen molar-refractivity contribution in [3.63, 3.8) is 0 Å². The summed E-state index contributed by atoms with van der Waals surface area (Å²) < 4.78 is 5.86. The molecule has 0 aliphatic rings. The summed E-state index contributed by atoms with van der Waals surface area (Å²) in [6, 6.07) is 15.8. The van der Waals surface area contributed by atoms with Crippen LogP contribution in [0.4, 0.5) is 11.4 Å². The molecule has 0 aliphatic carbocycles. The number of nitrogens with one attached hydrogen (secondary N) is 1. The lowest BCUT2D eigenvalue weighted by Gasteiger charge is -2.11. The Kier molecular flexibility index (Phi) is 4.79. The molecule has 0 unspecified atom stereocenters. The van der Waals surface area contributed by atoms with Gasteiger partial charge in [0.15, 0.2) is 5.58 Å². The molecule has 1 heterocycles. The summed E-state index contributed by atoms with van der Waals surface area (Å²) in [5.41, 5.74) is 5.19. The fourth-order valence-electron chi connectivity index (χ4n) is 3.31. The molecule has 0 saturated carbocycles. The third kappa shape index (κ3) is 3.53. The predicted molar refractivity (Wildman–Crippen MR) is 115 cm³/mol. The van der Waals surface area contributed by atoms with Crippen LogP contribution in [0.15, 0.2) is 59.0 Å². The van der Waals surface area contributed by atoms with Crippen LogP contribution in [0.1, 0.15) is 27.0 Å². The molecule has 150 valence electrons. The zero-order valence-electron chi connectivity index (χ0n) is 16.7. The van der Waals surface area contributed by atoms with Crippen LogP contribution in [-0.2, 0) is 0 Å². The topological polar surface area (TPSA) is 98.3 Å². The van der Waals surface area contributed by atoms with E-state index in [9.17, 15) is 14.9 Å². The monoisotopic (exact) mass is 401 g/mol. The lowest BCUT2D eigenvalue weighted by atomic mass is 10.1. The number of rotatable bonds is 4. The molecule has 0 fully saturated rings. The van der Waals surface area contributed by atoms with E-state index < -0.39 is 10.8 Å². The molecule has 1 N–H and O–H groups in total. The van der Waals surface area contributed by atoms with E-state index in [1.165, 1.54) is 12.1 Å². The molecule has 7 heteroatoms. The summed E-state index contributed by atoms with van der Waals surface area (Å²) in [4.78, 5) is 28.0. The third-order valence-corrected chi connectivity index (χ3v) is 5.02. The SMILES string of the molecule is Cc1ccc2oc(-c3ccc(C)c(NC(=O)c4cccc([N+](=O)[O-])c4C)c3)nc2c1. The molecule has 7 nitrogen and oxygen atoms in total. The van der Waals surface area contributed by atoms with Gasteiger partial charge in [-0.05, 0) is 62.2 Å². The minimum absolute atomic E-state index is 0.0881. The Balaban J connectivity index is 1.68. The molecule has 0 atom stereocenters. The summed E-state index contributed by atoms with van der Waals surface area (Å²) in [6.07, 6.45) is 0. The van der Waals surface area contributed by atoms with Crippen molar-refractivity contribution in [3.8, 4) is 11.5 Å². The van der Waals surface area contributed by atoms with E-state index in [1.54, 1.807) is 19.1 Å². The second-order valence-electron chi connectivity index (χ2n) is 7.18. The molecule has 0 bridgehead atoms. The van der Waals surface area contributed by atoms with Gasteiger partial charge in [0.05, 0.1) is 4.92 Å². The molecule has 4 aromatic rings. The van der Waals surface area contributed by atoms with Crippen molar-refractivity contribution in [1.29, 1.82) is 0 Å². The number of nitro groups is 1. The van der Waals surface area contributed by atoms with Gasteiger partial charge in [-0.2, -0.15) is 0 Å². The maximum absolute atomic E-state index is 12.8. The maximum atomic E-state index is 12.8. The fourth-order valence-corrected chi connectivity index (χ4v) is 3.31. The summed E-state index contributed by atoms with van der Waals surface area (Å²) in [5.74, 6) is 0.0438. The van der Waals surface area contributed by atoms with Crippen LogP contribution in [0.5, 0.6) is 0 Å². The first kappa shape index (κ1) is 19.3. The maximum Gasteiger partial charge on any atom is 0.273 e. The first-order valence-electron chi connectivity index (χ1n) is 9.37. The zero-order chi connectivity index (χ0) is 21.4. The molecule has 0 saturated heterocycles. The molecule has 3 aromatic carbocycles. The molecule has 0 spiro atoms. The number of hydrogen-bond donors (Lipinski definition) is 1. The van der Waals surface area contributed by atoms with Crippen molar-refractivity contribution in [2.75, 3.05) is 5.32 Å². The average molecular weight is 401 g/mol. The van der Waals surface area contributed by atoms with Crippen molar-refractivity contribution in [1.82, 2.24) is 4.98 Å². The van der Waals surface area contributed by atoms with E-state index >= 15 is 0 Å². The molecule has 30 heavy (non-hydrogen) atoms. The van der Waals surface area contributed by atoms with Crippen molar-refractivity contribution in [3.05, 3.63) is 87.0 Å². The van der Waals surface area contributed by atoms with Crippen molar-refractivity contribution in [2.45, 2.75) is 20.8 Å². The van der Waals surface area contributed by atoms with Crippen molar-refractivity contribution < 1.29 is 14.1 Å². The minimum atomic E-state index is -0.493. The highest BCUT2D eigenvalue weighted by Gasteiger charge is 2.19. The van der Waals surface area contributed by atoms with E-state index in [0.717, 1.165) is 22.2 Å². The van der Waals surface area contributed by atoms with Gasteiger partial charge in [-0.3, -0.25) is 14.9 Å². The van der Waals surface area contributed by atoms with E-state index in [-0.39, 0.29) is 11.3 Å². The number of nitro benzene ring substituents is 1. The first-order valence-corrected chi connectivity index (χ1v) is 9.37. The van der Waals surface area contributed by atoms with Gasteiger partial charge in [0.2, 0.25) is 5.89 Å². The third-order valence-electron chi connectivity index (χ3n) is 5.02. The number of carbonyl (C=O) groups is 1. The minimum Gasteiger partial charge on any atom is -0.436 e. The second kappa shape index (κ2) is 7.44. The number of benzene rings is 3.